The van der Waals surface area contributed by atoms with Crippen LogP contribution in [0.4, 0.5) is 5.69 Å². The zero-order chi connectivity index (χ0) is 28.6. The molecule has 1 atom stereocenters. The molecule has 0 spiro atoms. The van der Waals surface area contributed by atoms with Crippen LogP contribution in [0.5, 0.6) is 11.5 Å². The zero-order valence-electron chi connectivity index (χ0n) is 25.1. The summed E-state index contributed by atoms with van der Waals surface area (Å²) in [6.07, 6.45) is 5.24. The number of piperidine rings is 1. The van der Waals surface area contributed by atoms with Crippen molar-refractivity contribution in [3.8, 4) is 22.6 Å². The van der Waals surface area contributed by atoms with E-state index >= 15 is 0 Å². The van der Waals surface area contributed by atoms with E-state index in [0.717, 1.165) is 84.8 Å². The Morgan fingerprint density at radius 2 is 1.73 bits per heavy atom. The van der Waals surface area contributed by atoms with Crippen molar-refractivity contribution in [1.82, 2.24) is 14.8 Å². The fourth-order valence-corrected chi connectivity index (χ4v) is 6.58. The summed E-state index contributed by atoms with van der Waals surface area (Å²) in [5.41, 5.74) is 9.23. The van der Waals surface area contributed by atoms with Gasteiger partial charge in [-0.1, -0.05) is 12.1 Å². The first-order valence-electron chi connectivity index (χ1n) is 14.5. The van der Waals surface area contributed by atoms with Gasteiger partial charge in [0.25, 0.3) is 5.56 Å². The Kier molecular flexibility index (Phi) is 8.24. The van der Waals surface area contributed by atoms with Gasteiger partial charge in [0.05, 0.1) is 19.8 Å². The van der Waals surface area contributed by atoms with Gasteiger partial charge >= 0.3 is 0 Å². The van der Waals surface area contributed by atoms with E-state index in [2.05, 4.69) is 59.4 Å². The number of aryl methyl sites for hydroxylation is 1. The van der Waals surface area contributed by atoms with Gasteiger partial charge in [0, 0.05) is 61.8 Å². The summed E-state index contributed by atoms with van der Waals surface area (Å²) in [6, 6.07) is 11.9. The summed E-state index contributed by atoms with van der Waals surface area (Å²) in [4.78, 5) is 17.5. The quantitative estimate of drug-likeness (QED) is 0.452. The Hall–Kier alpha value is -3.29. The van der Waals surface area contributed by atoms with Gasteiger partial charge < -0.3 is 24.3 Å². The van der Waals surface area contributed by atoms with Gasteiger partial charge in [-0.25, -0.2) is 0 Å². The molecule has 1 N–H and O–H groups in total. The predicted octanol–water partition coefficient (Wildman–Crippen LogP) is 4.99. The van der Waals surface area contributed by atoms with Crippen LogP contribution in [-0.4, -0.2) is 56.4 Å². The second-order valence-corrected chi connectivity index (χ2v) is 11.5. The van der Waals surface area contributed by atoms with Crippen molar-refractivity contribution >= 4 is 5.69 Å². The number of nitrogens with one attached hydrogen (secondary N) is 1. The summed E-state index contributed by atoms with van der Waals surface area (Å²) >= 11 is 0. The van der Waals surface area contributed by atoms with Gasteiger partial charge in [-0.3, -0.25) is 9.69 Å². The van der Waals surface area contributed by atoms with Crippen LogP contribution in [0.15, 0.2) is 41.3 Å². The Morgan fingerprint density at radius 3 is 2.38 bits per heavy atom. The molecule has 40 heavy (non-hydrogen) atoms. The van der Waals surface area contributed by atoms with Gasteiger partial charge in [-0.15, -0.1) is 0 Å². The minimum absolute atomic E-state index is 0.0307. The lowest BCUT2D eigenvalue weighted by Crippen LogP contribution is -2.44. The first kappa shape index (κ1) is 28.2. The standard InChI is InChI=1S/C33H44N4O3/c1-21-22(2)33(38)36(5)19-28(21)24-17-31(39-6)29(32(18-24)40-7)20-35(4)25-12-15-37(16-13-25)30-10-8-9-26-23(3)34-14-11-27(26)30/h8-10,17-19,23,25,34H,11-16,20H2,1-7H3. The van der Waals surface area contributed by atoms with Gasteiger partial charge in [0.2, 0.25) is 0 Å². The smallest absolute Gasteiger partial charge is 0.253 e. The van der Waals surface area contributed by atoms with Crippen LogP contribution >= 0.6 is 0 Å². The number of aromatic nitrogens is 1. The number of ether oxygens (including phenoxy) is 2. The second kappa shape index (κ2) is 11.7. The molecule has 2 aromatic carbocycles. The van der Waals surface area contributed by atoms with E-state index in [1.165, 1.54) is 16.8 Å². The molecule has 1 aromatic heterocycles. The van der Waals surface area contributed by atoms with Crippen LogP contribution in [0.2, 0.25) is 0 Å². The second-order valence-electron chi connectivity index (χ2n) is 11.5. The summed E-state index contributed by atoms with van der Waals surface area (Å²) in [5, 5.41) is 3.60. The summed E-state index contributed by atoms with van der Waals surface area (Å²) in [5.74, 6) is 1.62. The number of pyridine rings is 1. The molecule has 3 heterocycles. The molecule has 3 aromatic rings. The highest BCUT2D eigenvalue weighted by Crippen LogP contribution is 2.38. The molecule has 1 saturated heterocycles. The molecule has 0 radical (unpaired) electrons. The lowest BCUT2D eigenvalue weighted by atomic mass is 9.92. The van der Waals surface area contributed by atoms with Crippen molar-refractivity contribution < 1.29 is 9.47 Å². The largest absolute Gasteiger partial charge is 0.496 e. The van der Waals surface area contributed by atoms with E-state index in [4.69, 9.17) is 9.47 Å². The van der Waals surface area contributed by atoms with Crippen LogP contribution in [0, 0.1) is 13.8 Å². The topological polar surface area (TPSA) is 59.0 Å². The highest BCUT2D eigenvalue weighted by molar-refractivity contribution is 5.72. The number of hydrogen-bond acceptors (Lipinski definition) is 6. The van der Waals surface area contributed by atoms with Crippen molar-refractivity contribution in [2.24, 2.45) is 7.05 Å². The number of nitrogens with zero attached hydrogens (tertiary/aromatic N) is 3. The molecule has 0 saturated carbocycles. The average Bonchev–Trinajstić information content (AvgIpc) is 2.98. The fraction of sp³-hybridized carbons (Fsp3) is 0.485. The van der Waals surface area contributed by atoms with Crippen molar-refractivity contribution in [1.29, 1.82) is 0 Å². The summed E-state index contributed by atoms with van der Waals surface area (Å²) in [7, 11) is 7.45. The van der Waals surface area contributed by atoms with E-state index < -0.39 is 0 Å². The maximum atomic E-state index is 12.4. The third kappa shape index (κ3) is 5.25. The first-order chi connectivity index (χ1) is 19.2. The maximum Gasteiger partial charge on any atom is 0.253 e. The van der Waals surface area contributed by atoms with E-state index in [0.29, 0.717) is 12.1 Å². The Balaban J connectivity index is 1.34. The lowest BCUT2D eigenvalue weighted by molar-refractivity contribution is 0.196. The molecule has 0 aliphatic carbocycles. The number of methoxy groups -OCH3 is 2. The number of fused-ring (bicyclic) bond motifs is 1. The molecule has 1 unspecified atom stereocenters. The van der Waals surface area contributed by atoms with Gasteiger partial charge in [0.1, 0.15) is 11.5 Å². The van der Waals surface area contributed by atoms with Crippen LogP contribution in [0.1, 0.15) is 53.6 Å². The molecule has 7 nitrogen and oxygen atoms in total. The highest BCUT2D eigenvalue weighted by Gasteiger charge is 2.27. The average molecular weight is 545 g/mol. The van der Waals surface area contributed by atoms with Crippen molar-refractivity contribution in [2.75, 3.05) is 45.8 Å². The maximum absolute atomic E-state index is 12.4. The SMILES string of the molecule is COc1cc(-c2cn(C)c(=O)c(C)c2C)cc(OC)c1CN(C)C1CCN(c2cccc3c2CCNC3C)CC1. The van der Waals surface area contributed by atoms with Gasteiger partial charge in [-0.2, -0.15) is 0 Å². The van der Waals surface area contributed by atoms with Crippen LogP contribution < -0.4 is 25.2 Å². The predicted molar refractivity (Wildman–Crippen MR) is 163 cm³/mol. The molecule has 0 amide bonds. The summed E-state index contributed by atoms with van der Waals surface area (Å²) in [6.45, 7) is 10.1. The third-order valence-corrected chi connectivity index (χ3v) is 9.16. The molecule has 0 bridgehead atoms. The lowest BCUT2D eigenvalue weighted by Gasteiger charge is -2.40. The zero-order valence-corrected chi connectivity index (χ0v) is 25.1. The number of hydrogen-bond donors (Lipinski definition) is 1. The molecule has 1 fully saturated rings. The van der Waals surface area contributed by atoms with Crippen molar-refractivity contribution in [3.05, 3.63) is 74.7 Å². The van der Waals surface area contributed by atoms with Crippen molar-refractivity contribution in [2.45, 2.75) is 58.7 Å². The molecule has 214 valence electrons. The monoisotopic (exact) mass is 544 g/mol. The number of anilines is 1. The molecular formula is C33H44N4O3. The first-order valence-corrected chi connectivity index (χ1v) is 14.5. The van der Waals surface area contributed by atoms with E-state index in [1.54, 1.807) is 25.8 Å². The Labute approximate surface area is 238 Å². The Bertz CT molecular complexity index is 1410. The number of rotatable bonds is 7. The van der Waals surface area contributed by atoms with Crippen LogP contribution in [0.25, 0.3) is 11.1 Å². The normalized spacial score (nSPS) is 17.7. The van der Waals surface area contributed by atoms with Crippen molar-refractivity contribution in [3.63, 3.8) is 0 Å². The van der Waals surface area contributed by atoms with Crippen LogP contribution in [0.3, 0.4) is 0 Å². The fourth-order valence-electron chi connectivity index (χ4n) is 6.58. The minimum Gasteiger partial charge on any atom is -0.496 e. The highest BCUT2D eigenvalue weighted by atomic mass is 16.5. The number of benzene rings is 2. The minimum atomic E-state index is 0.0307. The van der Waals surface area contributed by atoms with E-state index in [9.17, 15) is 4.79 Å². The van der Waals surface area contributed by atoms with Crippen LogP contribution in [-0.2, 0) is 20.0 Å². The summed E-state index contributed by atoms with van der Waals surface area (Å²) < 4.78 is 13.5. The molecule has 5 rings (SSSR count). The van der Waals surface area contributed by atoms with E-state index in [-0.39, 0.29) is 5.56 Å². The molecule has 2 aliphatic heterocycles. The van der Waals surface area contributed by atoms with Gasteiger partial charge in [0.15, 0.2) is 0 Å². The molecule has 2 aliphatic rings. The van der Waals surface area contributed by atoms with Gasteiger partial charge in [-0.05, 0) is 94.1 Å². The molecular weight excluding hydrogens is 500 g/mol. The third-order valence-electron chi connectivity index (χ3n) is 9.16. The van der Waals surface area contributed by atoms with E-state index in [1.807, 2.05) is 20.0 Å². The molecule has 7 heteroatoms. The Morgan fingerprint density at radius 1 is 1.05 bits per heavy atom.